The highest BCUT2D eigenvalue weighted by Gasteiger charge is 2.78. The van der Waals surface area contributed by atoms with Gasteiger partial charge in [-0.05, 0) is 64.2 Å². The number of aliphatic hydroxyl groups excluding tert-OH is 2. The quantitative estimate of drug-likeness (QED) is 0.461. The van der Waals surface area contributed by atoms with Crippen molar-refractivity contribution in [1.82, 2.24) is 0 Å². The molecule has 0 saturated heterocycles. The van der Waals surface area contributed by atoms with Gasteiger partial charge in [-0.2, -0.15) is 0 Å². The van der Waals surface area contributed by atoms with Gasteiger partial charge in [-0.25, -0.2) is 0 Å². The highest BCUT2D eigenvalue weighted by molar-refractivity contribution is 6.24. The molecule has 3 rings (SSSR count). The maximum absolute atomic E-state index is 13.9. The molecule has 0 aromatic rings. The van der Waals surface area contributed by atoms with Crippen molar-refractivity contribution >= 4 is 11.6 Å². The molecule has 0 amide bonds. The molecule has 3 aliphatic carbocycles. The number of ketones is 2. The predicted molar refractivity (Wildman–Crippen MR) is 116 cm³/mol. The summed E-state index contributed by atoms with van der Waals surface area (Å²) in [7, 11) is 0. The largest absolute Gasteiger partial charge is 0.511 e. The van der Waals surface area contributed by atoms with E-state index in [9.17, 15) is 24.9 Å². The van der Waals surface area contributed by atoms with E-state index in [-0.39, 0.29) is 29.0 Å². The number of carbonyl (C=O) groups is 2. The number of rotatable bonds is 5. The summed E-state index contributed by atoms with van der Waals surface area (Å²) in [5, 5.41) is 33.9. The van der Waals surface area contributed by atoms with Crippen LogP contribution in [-0.4, -0.2) is 38.6 Å². The van der Waals surface area contributed by atoms with Crippen LogP contribution in [-0.2, 0) is 9.59 Å². The molecule has 0 heterocycles. The molecule has 0 aromatic carbocycles. The van der Waals surface area contributed by atoms with Gasteiger partial charge >= 0.3 is 0 Å². The van der Waals surface area contributed by atoms with Crippen LogP contribution in [0.3, 0.4) is 0 Å². The van der Waals surface area contributed by atoms with Crippen LogP contribution in [0.5, 0.6) is 0 Å². The number of fused-ring (bicyclic) bond motifs is 1. The van der Waals surface area contributed by atoms with Crippen LogP contribution < -0.4 is 0 Å². The zero-order valence-electron chi connectivity index (χ0n) is 19.7. The van der Waals surface area contributed by atoms with Crippen LogP contribution in [0, 0.1) is 34.0 Å². The molecule has 1 spiro atoms. The molecular weight excluding hydrogens is 380 g/mol. The third-order valence-electron chi connectivity index (χ3n) is 8.40. The van der Waals surface area contributed by atoms with E-state index in [0.717, 1.165) is 5.57 Å². The molecule has 168 valence electrons. The third-order valence-corrected chi connectivity index (χ3v) is 8.40. The number of carbonyl (C=O) groups excluding carboxylic acids is 2. The van der Waals surface area contributed by atoms with E-state index >= 15 is 0 Å². The molecule has 2 saturated carbocycles. The molecule has 0 aliphatic heterocycles. The maximum Gasteiger partial charge on any atom is 0.178 e. The molecule has 5 heteroatoms. The molecule has 3 aliphatic rings. The molecule has 0 aromatic heterocycles. The Balaban J connectivity index is 2.29. The number of Topliss-reactive ketones (excluding diaryl/α,β-unsaturated/α-hetero) is 2. The molecule has 2 bridgehead atoms. The van der Waals surface area contributed by atoms with E-state index < -0.39 is 39.7 Å². The standard InChI is InChI=1S/C25H38O5/c1-13(2)9-10-24-11-16-22(5,6)15(23(7,8)30)12-25(16,21(24)29)20(28)17(19(24)27)18(26)14(3)4/h9,14-16,21,27,29-30H,10-12H2,1-8H3/t15-,16+,21?,24?,25-/m1/s1. The number of hydrogen-bond donors (Lipinski definition) is 3. The van der Waals surface area contributed by atoms with Gasteiger partial charge in [-0.3, -0.25) is 9.59 Å². The minimum Gasteiger partial charge on any atom is -0.511 e. The number of aliphatic hydroxyl groups is 3. The van der Waals surface area contributed by atoms with E-state index in [4.69, 9.17) is 0 Å². The summed E-state index contributed by atoms with van der Waals surface area (Å²) in [6, 6.07) is 0. The van der Waals surface area contributed by atoms with Crippen molar-refractivity contribution in [3.8, 4) is 0 Å². The molecule has 2 fully saturated rings. The van der Waals surface area contributed by atoms with Gasteiger partial charge in [0.05, 0.1) is 28.1 Å². The van der Waals surface area contributed by atoms with E-state index in [1.165, 1.54) is 0 Å². The first-order valence-corrected chi connectivity index (χ1v) is 11.1. The smallest absolute Gasteiger partial charge is 0.178 e. The second kappa shape index (κ2) is 6.77. The van der Waals surface area contributed by atoms with Gasteiger partial charge in [-0.1, -0.05) is 39.3 Å². The van der Waals surface area contributed by atoms with Gasteiger partial charge in [0.1, 0.15) is 5.76 Å². The summed E-state index contributed by atoms with van der Waals surface area (Å²) in [5.74, 6) is -1.92. The lowest BCUT2D eigenvalue weighted by Gasteiger charge is -2.44. The lowest BCUT2D eigenvalue weighted by molar-refractivity contribution is -0.141. The lowest BCUT2D eigenvalue weighted by Crippen LogP contribution is -2.53. The molecule has 3 N–H and O–H groups in total. The molecule has 30 heavy (non-hydrogen) atoms. The fourth-order valence-electron chi connectivity index (χ4n) is 6.91. The number of allylic oxidation sites excluding steroid dienone is 3. The van der Waals surface area contributed by atoms with Gasteiger partial charge in [0, 0.05) is 5.92 Å². The summed E-state index contributed by atoms with van der Waals surface area (Å²) >= 11 is 0. The van der Waals surface area contributed by atoms with Crippen LogP contribution >= 0.6 is 0 Å². The van der Waals surface area contributed by atoms with Crippen LogP contribution in [0.2, 0.25) is 0 Å². The Bertz CT molecular complexity index is 836. The summed E-state index contributed by atoms with van der Waals surface area (Å²) in [6.45, 7) is 14.9. The van der Waals surface area contributed by atoms with E-state index in [1.54, 1.807) is 27.7 Å². The third kappa shape index (κ3) is 2.81. The fraction of sp³-hybridized carbons (Fsp3) is 0.760. The van der Waals surface area contributed by atoms with Gasteiger partial charge in [0.2, 0.25) is 0 Å². The molecule has 0 radical (unpaired) electrons. The Morgan fingerprint density at radius 1 is 1.23 bits per heavy atom. The normalized spacial score (nSPS) is 37.6. The van der Waals surface area contributed by atoms with Crippen molar-refractivity contribution in [1.29, 1.82) is 0 Å². The topological polar surface area (TPSA) is 94.8 Å². The second-order valence-corrected chi connectivity index (χ2v) is 11.6. The highest BCUT2D eigenvalue weighted by atomic mass is 16.3. The summed E-state index contributed by atoms with van der Waals surface area (Å²) < 4.78 is 0. The monoisotopic (exact) mass is 418 g/mol. The van der Waals surface area contributed by atoms with Crippen molar-refractivity contribution in [3.05, 3.63) is 23.0 Å². The van der Waals surface area contributed by atoms with E-state index in [1.807, 2.05) is 33.8 Å². The Morgan fingerprint density at radius 2 is 1.80 bits per heavy atom. The van der Waals surface area contributed by atoms with Crippen molar-refractivity contribution in [2.45, 2.75) is 86.4 Å². The van der Waals surface area contributed by atoms with Crippen LogP contribution in [0.15, 0.2) is 23.0 Å². The van der Waals surface area contributed by atoms with Crippen molar-refractivity contribution in [3.63, 3.8) is 0 Å². The zero-order chi connectivity index (χ0) is 23.0. The minimum atomic E-state index is -1.16. The van der Waals surface area contributed by atoms with Gasteiger partial charge in [0.15, 0.2) is 11.6 Å². The van der Waals surface area contributed by atoms with Crippen LogP contribution in [0.1, 0.15) is 74.7 Å². The lowest BCUT2D eigenvalue weighted by atomic mass is 9.61. The fourth-order valence-corrected chi connectivity index (χ4v) is 6.91. The molecule has 5 atom stereocenters. The van der Waals surface area contributed by atoms with Crippen molar-refractivity contribution < 1.29 is 24.9 Å². The number of hydrogen-bond acceptors (Lipinski definition) is 5. The predicted octanol–water partition coefficient (Wildman–Crippen LogP) is 4.13. The SMILES string of the molecule is CC(C)=CCC12C[C@H]3C(C)(C)[C@H](C(C)(C)O)C[C@@]3(C(=O)C(C(=O)C(C)C)=C1O)C2O. The van der Waals surface area contributed by atoms with E-state index in [2.05, 4.69) is 0 Å². The van der Waals surface area contributed by atoms with E-state index in [0.29, 0.717) is 19.3 Å². The maximum atomic E-state index is 13.9. The molecule has 5 nitrogen and oxygen atoms in total. The first-order valence-electron chi connectivity index (χ1n) is 11.1. The summed E-state index contributed by atoms with van der Waals surface area (Å²) in [5.41, 5.74) is -2.74. The zero-order valence-corrected chi connectivity index (χ0v) is 19.7. The van der Waals surface area contributed by atoms with Crippen LogP contribution in [0.25, 0.3) is 0 Å². The van der Waals surface area contributed by atoms with Crippen LogP contribution in [0.4, 0.5) is 0 Å². The Kier molecular flexibility index (Phi) is 5.24. The van der Waals surface area contributed by atoms with Gasteiger partial charge in [-0.15, -0.1) is 0 Å². The van der Waals surface area contributed by atoms with Crippen molar-refractivity contribution in [2.24, 2.45) is 34.0 Å². The Hall–Kier alpha value is -1.46. The summed E-state index contributed by atoms with van der Waals surface area (Å²) in [4.78, 5) is 27.0. The van der Waals surface area contributed by atoms with Crippen molar-refractivity contribution in [2.75, 3.05) is 0 Å². The van der Waals surface area contributed by atoms with Gasteiger partial charge in [0.25, 0.3) is 0 Å². The first-order chi connectivity index (χ1) is 13.5. The second-order valence-electron chi connectivity index (χ2n) is 11.6. The molecular formula is C25H38O5. The van der Waals surface area contributed by atoms with Gasteiger partial charge < -0.3 is 15.3 Å². The molecule has 2 unspecified atom stereocenters. The summed E-state index contributed by atoms with van der Waals surface area (Å²) in [6.07, 6.45) is 2.00. The average molecular weight is 419 g/mol. The highest BCUT2D eigenvalue weighted by Crippen LogP contribution is 2.74. The Labute approximate surface area is 180 Å². The first kappa shape index (κ1) is 23.2. The Morgan fingerprint density at radius 3 is 2.27 bits per heavy atom. The minimum absolute atomic E-state index is 0.118. The average Bonchev–Trinajstić information content (AvgIpc) is 2.97.